The molecule has 2 rings (SSSR count). The van der Waals surface area contributed by atoms with E-state index in [0.717, 1.165) is 5.92 Å². The van der Waals surface area contributed by atoms with Gasteiger partial charge < -0.3 is 5.32 Å². The fourth-order valence-corrected chi connectivity index (χ4v) is 2.74. The van der Waals surface area contributed by atoms with Crippen molar-refractivity contribution in [3.05, 3.63) is 35.4 Å². The second-order valence-corrected chi connectivity index (χ2v) is 5.14. The van der Waals surface area contributed by atoms with Gasteiger partial charge in [-0.05, 0) is 50.3 Å². The van der Waals surface area contributed by atoms with Gasteiger partial charge in [-0.1, -0.05) is 37.1 Å². The molecule has 0 spiro atoms. The lowest BCUT2D eigenvalue weighted by molar-refractivity contribution is 0.452. The first-order valence-electron chi connectivity index (χ1n) is 6.56. The highest BCUT2D eigenvalue weighted by Crippen LogP contribution is 2.25. The van der Waals surface area contributed by atoms with E-state index < -0.39 is 0 Å². The van der Waals surface area contributed by atoms with Crippen molar-refractivity contribution in [3.63, 3.8) is 0 Å². The predicted molar refractivity (Wildman–Crippen MR) is 69.6 cm³/mol. The molecule has 1 nitrogen and oxygen atoms in total. The molecule has 1 N–H and O–H groups in total. The average molecular weight is 217 g/mol. The summed E-state index contributed by atoms with van der Waals surface area (Å²) in [7, 11) is 0. The van der Waals surface area contributed by atoms with Crippen molar-refractivity contribution in [2.75, 3.05) is 6.54 Å². The van der Waals surface area contributed by atoms with Crippen LogP contribution in [0.3, 0.4) is 0 Å². The van der Waals surface area contributed by atoms with Crippen molar-refractivity contribution in [1.29, 1.82) is 0 Å². The molecule has 0 unspecified atom stereocenters. The molecular weight excluding hydrogens is 194 g/mol. The summed E-state index contributed by atoms with van der Waals surface area (Å²) < 4.78 is 0. The standard InChI is InChI=1S/C15H23N/c1-12-7-3-6-10-15(12)13(2)16-11-14-8-4-5-9-14/h3,6-7,10,13-14,16H,4-5,8-9,11H2,1-2H3/t13-/m1/s1. The molecule has 1 aromatic rings. The van der Waals surface area contributed by atoms with E-state index in [1.54, 1.807) is 0 Å². The van der Waals surface area contributed by atoms with Crippen LogP contribution in [0.4, 0.5) is 0 Å². The minimum absolute atomic E-state index is 0.488. The van der Waals surface area contributed by atoms with Gasteiger partial charge in [-0.25, -0.2) is 0 Å². The Morgan fingerprint density at radius 2 is 1.94 bits per heavy atom. The molecular formula is C15H23N. The normalized spacial score (nSPS) is 18.9. The third kappa shape index (κ3) is 2.85. The molecule has 16 heavy (non-hydrogen) atoms. The topological polar surface area (TPSA) is 12.0 Å². The van der Waals surface area contributed by atoms with Crippen LogP contribution >= 0.6 is 0 Å². The second kappa shape index (κ2) is 5.49. The van der Waals surface area contributed by atoms with E-state index >= 15 is 0 Å². The van der Waals surface area contributed by atoms with Crippen molar-refractivity contribution in [2.24, 2.45) is 5.92 Å². The Kier molecular flexibility index (Phi) is 4.00. The molecule has 1 atom stereocenters. The van der Waals surface area contributed by atoms with Gasteiger partial charge in [-0.15, -0.1) is 0 Å². The number of nitrogens with one attached hydrogen (secondary N) is 1. The quantitative estimate of drug-likeness (QED) is 0.808. The molecule has 1 aliphatic rings. The number of benzene rings is 1. The lowest BCUT2D eigenvalue weighted by Gasteiger charge is -2.19. The second-order valence-electron chi connectivity index (χ2n) is 5.14. The summed E-state index contributed by atoms with van der Waals surface area (Å²) in [4.78, 5) is 0. The van der Waals surface area contributed by atoms with E-state index in [0.29, 0.717) is 6.04 Å². The van der Waals surface area contributed by atoms with Crippen LogP contribution in [0.5, 0.6) is 0 Å². The van der Waals surface area contributed by atoms with E-state index in [1.165, 1.54) is 43.4 Å². The smallest absolute Gasteiger partial charge is 0.0294 e. The van der Waals surface area contributed by atoms with Crippen molar-refractivity contribution in [2.45, 2.75) is 45.6 Å². The summed E-state index contributed by atoms with van der Waals surface area (Å²) >= 11 is 0. The van der Waals surface area contributed by atoms with Crippen molar-refractivity contribution in [3.8, 4) is 0 Å². The summed E-state index contributed by atoms with van der Waals surface area (Å²) in [6.45, 7) is 5.66. The molecule has 1 heteroatoms. The zero-order valence-electron chi connectivity index (χ0n) is 10.5. The van der Waals surface area contributed by atoms with E-state index in [-0.39, 0.29) is 0 Å². The third-order valence-corrected chi connectivity index (χ3v) is 3.84. The summed E-state index contributed by atoms with van der Waals surface area (Å²) in [5, 5.41) is 3.68. The molecule has 0 aromatic heterocycles. The van der Waals surface area contributed by atoms with E-state index in [2.05, 4.69) is 43.4 Å². The number of hydrogen-bond donors (Lipinski definition) is 1. The van der Waals surface area contributed by atoms with Gasteiger partial charge in [0.2, 0.25) is 0 Å². The molecule has 1 fully saturated rings. The Hall–Kier alpha value is -0.820. The van der Waals surface area contributed by atoms with Gasteiger partial charge in [-0.3, -0.25) is 0 Å². The molecule has 0 aliphatic heterocycles. The van der Waals surface area contributed by atoms with Gasteiger partial charge >= 0.3 is 0 Å². The molecule has 0 heterocycles. The monoisotopic (exact) mass is 217 g/mol. The van der Waals surface area contributed by atoms with Crippen molar-refractivity contribution >= 4 is 0 Å². The first-order valence-corrected chi connectivity index (χ1v) is 6.56. The minimum Gasteiger partial charge on any atom is -0.310 e. The maximum Gasteiger partial charge on any atom is 0.0294 e. The highest BCUT2D eigenvalue weighted by Gasteiger charge is 2.16. The molecule has 0 radical (unpaired) electrons. The Balaban J connectivity index is 1.87. The molecule has 0 bridgehead atoms. The number of aryl methyl sites for hydroxylation is 1. The Morgan fingerprint density at radius 3 is 2.62 bits per heavy atom. The molecule has 1 aromatic carbocycles. The van der Waals surface area contributed by atoms with Gasteiger partial charge in [-0.2, -0.15) is 0 Å². The maximum atomic E-state index is 3.68. The average Bonchev–Trinajstić information content (AvgIpc) is 2.79. The third-order valence-electron chi connectivity index (χ3n) is 3.84. The zero-order chi connectivity index (χ0) is 11.4. The fourth-order valence-electron chi connectivity index (χ4n) is 2.74. The van der Waals surface area contributed by atoms with Crippen LogP contribution in [0.2, 0.25) is 0 Å². The molecule has 0 saturated heterocycles. The largest absolute Gasteiger partial charge is 0.310 e. The highest BCUT2D eigenvalue weighted by atomic mass is 14.9. The summed E-state index contributed by atoms with van der Waals surface area (Å²) in [5.74, 6) is 0.923. The Bertz CT molecular complexity index is 326. The molecule has 1 saturated carbocycles. The van der Waals surface area contributed by atoms with Crippen LogP contribution in [0.15, 0.2) is 24.3 Å². The molecule has 1 aliphatic carbocycles. The van der Waals surface area contributed by atoms with Crippen LogP contribution < -0.4 is 5.32 Å². The van der Waals surface area contributed by atoms with E-state index in [9.17, 15) is 0 Å². The lowest BCUT2D eigenvalue weighted by Crippen LogP contribution is -2.25. The first-order chi connectivity index (χ1) is 7.77. The van der Waals surface area contributed by atoms with Crippen LogP contribution in [0.25, 0.3) is 0 Å². The van der Waals surface area contributed by atoms with Gasteiger partial charge in [0.25, 0.3) is 0 Å². The van der Waals surface area contributed by atoms with Crippen molar-refractivity contribution < 1.29 is 0 Å². The van der Waals surface area contributed by atoms with Gasteiger partial charge in [0, 0.05) is 6.04 Å². The SMILES string of the molecule is Cc1ccccc1[C@@H](C)NCC1CCCC1. The van der Waals surface area contributed by atoms with Gasteiger partial charge in [0.15, 0.2) is 0 Å². The number of hydrogen-bond acceptors (Lipinski definition) is 1. The predicted octanol–water partition coefficient (Wildman–Crippen LogP) is 3.84. The van der Waals surface area contributed by atoms with E-state index in [1.807, 2.05) is 0 Å². The number of rotatable bonds is 4. The van der Waals surface area contributed by atoms with Crippen LogP contribution in [-0.2, 0) is 0 Å². The summed E-state index contributed by atoms with van der Waals surface area (Å²) in [6, 6.07) is 9.17. The van der Waals surface area contributed by atoms with Gasteiger partial charge in [0.05, 0.1) is 0 Å². The van der Waals surface area contributed by atoms with E-state index in [4.69, 9.17) is 0 Å². The lowest BCUT2D eigenvalue weighted by atomic mass is 10.0. The van der Waals surface area contributed by atoms with Gasteiger partial charge in [0.1, 0.15) is 0 Å². The fraction of sp³-hybridized carbons (Fsp3) is 0.600. The minimum atomic E-state index is 0.488. The maximum absolute atomic E-state index is 3.68. The zero-order valence-corrected chi connectivity index (χ0v) is 10.5. The molecule has 88 valence electrons. The Morgan fingerprint density at radius 1 is 1.25 bits per heavy atom. The van der Waals surface area contributed by atoms with Crippen LogP contribution in [0, 0.1) is 12.8 Å². The summed E-state index contributed by atoms with van der Waals surface area (Å²) in [5.41, 5.74) is 2.84. The van der Waals surface area contributed by atoms with Crippen molar-refractivity contribution in [1.82, 2.24) is 5.32 Å². The molecule has 0 amide bonds. The Labute approximate surface area is 99.3 Å². The van der Waals surface area contributed by atoms with Crippen LogP contribution in [0.1, 0.15) is 49.8 Å². The summed E-state index contributed by atoms with van der Waals surface area (Å²) in [6.07, 6.45) is 5.72. The first kappa shape index (κ1) is 11.7. The highest BCUT2D eigenvalue weighted by molar-refractivity contribution is 5.28. The van der Waals surface area contributed by atoms with Crippen LogP contribution in [-0.4, -0.2) is 6.54 Å².